The van der Waals surface area contributed by atoms with E-state index in [0.29, 0.717) is 0 Å². The van der Waals surface area contributed by atoms with Gasteiger partial charge in [0.1, 0.15) is 0 Å². The highest BCUT2D eigenvalue weighted by Crippen LogP contribution is 2.07. The lowest BCUT2D eigenvalue weighted by Gasteiger charge is -2.02. The van der Waals surface area contributed by atoms with E-state index in [1.165, 1.54) is 18.2 Å². The van der Waals surface area contributed by atoms with Gasteiger partial charge in [0, 0.05) is 18.1 Å². The second-order valence-electron chi connectivity index (χ2n) is 3.69. The van der Waals surface area contributed by atoms with Crippen LogP contribution < -0.4 is 5.32 Å². The maximum Gasteiger partial charge on any atom is 0.0701 e. The smallest absolute Gasteiger partial charge is 0.0701 e. The molecule has 1 aliphatic heterocycles. The molecule has 16 heavy (non-hydrogen) atoms. The van der Waals surface area contributed by atoms with Crippen LogP contribution >= 0.6 is 0 Å². The number of para-hydroxylation sites is 1. The van der Waals surface area contributed by atoms with E-state index >= 15 is 0 Å². The van der Waals surface area contributed by atoms with E-state index in [4.69, 9.17) is 0 Å². The number of pyridine rings is 1. The summed E-state index contributed by atoms with van der Waals surface area (Å²) >= 11 is 0. The Morgan fingerprint density at radius 3 is 2.56 bits per heavy atom. The van der Waals surface area contributed by atoms with Crippen LogP contribution in [0.5, 0.6) is 0 Å². The van der Waals surface area contributed by atoms with Crippen molar-refractivity contribution in [2.24, 2.45) is 0 Å². The fraction of sp³-hybridized carbons (Fsp3) is 0.214. The molecule has 1 N–H and O–H groups in total. The third-order valence-corrected chi connectivity index (χ3v) is 2.44. The number of fused-ring (bicyclic) bond motifs is 1. The average Bonchev–Trinajstić information content (AvgIpc) is 2.42. The summed E-state index contributed by atoms with van der Waals surface area (Å²) in [5.74, 6) is 0. The Morgan fingerprint density at radius 2 is 1.94 bits per heavy atom. The second kappa shape index (κ2) is 5.91. The van der Waals surface area contributed by atoms with Gasteiger partial charge in [0.25, 0.3) is 0 Å². The van der Waals surface area contributed by atoms with Gasteiger partial charge >= 0.3 is 0 Å². The number of nitrogens with one attached hydrogen (secondary N) is 1. The summed E-state index contributed by atoms with van der Waals surface area (Å²) in [6.07, 6.45) is 8.54. The van der Waals surface area contributed by atoms with Gasteiger partial charge in [-0.3, -0.25) is 4.98 Å². The number of benzene rings is 1. The lowest BCUT2D eigenvalue weighted by molar-refractivity contribution is 0.728. The van der Waals surface area contributed by atoms with Gasteiger partial charge in [0.05, 0.1) is 5.52 Å². The van der Waals surface area contributed by atoms with Gasteiger partial charge in [-0.15, -0.1) is 0 Å². The lowest BCUT2D eigenvalue weighted by atomic mass is 10.2. The molecule has 82 valence electrons. The number of nitrogens with zero attached hydrogens (tertiary/aromatic N) is 1. The Hall–Kier alpha value is -1.83. The van der Waals surface area contributed by atoms with Crippen molar-refractivity contribution in [1.29, 1.82) is 0 Å². The summed E-state index contributed by atoms with van der Waals surface area (Å²) < 4.78 is 0. The summed E-state index contributed by atoms with van der Waals surface area (Å²) in [7, 11) is 0. The van der Waals surface area contributed by atoms with Crippen molar-refractivity contribution in [2.45, 2.75) is 12.8 Å². The molecule has 0 unspecified atom stereocenters. The van der Waals surface area contributed by atoms with Gasteiger partial charge in [0.15, 0.2) is 0 Å². The molecule has 0 aliphatic carbocycles. The molecule has 0 amide bonds. The Balaban J connectivity index is 0.000000138. The Bertz CT molecular complexity index is 390. The molecule has 1 aliphatic rings. The molecule has 3 rings (SSSR count). The van der Waals surface area contributed by atoms with Crippen LogP contribution in [-0.2, 0) is 0 Å². The number of aromatic nitrogens is 1. The van der Waals surface area contributed by atoms with E-state index < -0.39 is 0 Å². The van der Waals surface area contributed by atoms with Gasteiger partial charge < -0.3 is 5.32 Å². The van der Waals surface area contributed by atoms with Crippen molar-refractivity contribution in [1.82, 2.24) is 10.3 Å². The molecule has 0 spiro atoms. The summed E-state index contributed by atoms with van der Waals surface area (Å²) in [6.45, 7) is 1.16. The minimum atomic E-state index is 1.06. The predicted molar refractivity (Wildman–Crippen MR) is 68.1 cm³/mol. The molecule has 0 saturated carbocycles. The second-order valence-corrected chi connectivity index (χ2v) is 3.69. The highest BCUT2D eigenvalue weighted by atomic mass is 14.8. The molecule has 0 radical (unpaired) electrons. The van der Waals surface area contributed by atoms with Crippen LogP contribution in [-0.4, -0.2) is 11.5 Å². The van der Waals surface area contributed by atoms with Gasteiger partial charge in [-0.2, -0.15) is 0 Å². The van der Waals surface area contributed by atoms with Crippen molar-refractivity contribution in [3.8, 4) is 0 Å². The van der Waals surface area contributed by atoms with Gasteiger partial charge in [-0.1, -0.05) is 30.3 Å². The number of allylic oxidation sites excluding steroid dienone is 1. The van der Waals surface area contributed by atoms with E-state index in [1.54, 1.807) is 0 Å². The zero-order valence-electron chi connectivity index (χ0n) is 9.26. The monoisotopic (exact) mass is 212 g/mol. The normalized spacial score (nSPS) is 13.8. The maximum atomic E-state index is 4.18. The van der Waals surface area contributed by atoms with Gasteiger partial charge in [-0.25, -0.2) is 0 Å². The Labute approximate surface area is 96.0 Å². The number of hydrogen-bond acceptors (Lipinski definition) is 2. The molecule has 2 heterocycles. The molecule has 0 bridgehead atoms. The van der Waals surface area contributed by atoms with Gasteiger partial charge in [-0.05, 0) is 31.2 Å². The van der Waals surface area contributed by atoms with E-state index in [0.717, 1.165) is 12.1 Å². The summed E-state index contributed by atoms with van der Waals surface area (Å²) in [4.78, 5) is 4.18. The van der Waals surface area contributed by atoms with Crippen molar-refractivity contribution < 1.29 is 0 Å². The Kier molecular flexibility index (Phi) is 3.94. The largest absolute Gasteiger partial charge is 0.391 e. The van der Waals surface area contributed by atoms with Crippen LogP contribution in [0.2, 0.25) is 0 Å². The SMILES string of the molecule is C1=CNCCC1.c1ccc2ncccc2c1. The molecule has 2 aromatic rings. The first-order chi connectivity index (χ1) is 7.97. The highest BCUT2D eigenvalue weighted by molar-refractivity contribution is 5.77. The van der Waals surface area contributed by atoms with Crippen molar-refractivity contribution in [3.05, 3.63) is 54.9 Å². The molecule has 2 heteroatoms. The fourth-order valence-corrected chi connectivity index (χ4v) is 1.59. The van der Waals surface area contributed by atoms with Gasteiger partial charge in [0.2, 0.25) is 0 Å². The Morgan fingerprint density at radius 1 is 1.06 bits per heavy atom. The lowest BCUT2D eigenvalue weighted by Crippen LogP contribution is -2.09. The summed E-state index contributed by atoms with van der Waals surface area (Å²) in [6, 6.07) is 12.1. The molecule has 0 saturated heterocycles. The molecule has 1 aromatic carbocycles. The van der Waals surface area contributed by atoms with E-state index in [2.05, 4.69) is 28.5 Å². The average molecular weight is 212 g/mol. The predicted octanol–water partition coefficient (Wildman–Crippen LogP) is 3.12. The zero-order valence-corrected chi connectivity index (χ0v) is 9.26. The summed E-state index contributed by atoms with van der Waals surface area (Å²) in [5, 5.41) is 4.30. The van der Waals surface area contributed by atoms with E-state index in [1.807, 2.05) is 36.7 Å². The van der Waals surface area contributed by atoms with Crippen LogP contribution in [0.25, 0.3) is 10.9 Å². The molecular weight excluding hydrogens is 196 g/mol. The van der Waals surface area contributed by atoms with E-state index in [9.17, 15) is 0 Å². The highest BCUT2D eigenvalue weighted by Gasteiger charge is 1.86. The standard InChI is InChI=1S/C9H7N.C5H9N/c1-2-6-9-8(4-1)5-3-7-10-9;1-2-4-6-5-3-1/h1-7H;2,4,6H,1,3,5H2. The first-order valence-electron chi connectivity index (χ1n) is 5.65. The molecule has 2 nitrogen and oxygen atoms in total. The maximum absolute atomic E-state index is 4.18. The van der Waals surface area contributed by atoms with Crippen LogP contribution in [0.4, 0.5) is 0 Å². The first kappa shape index (κ1) is 10.7. The zero-order chi connectivity index (χ0) is 11.1. The minimum absolute atomic E-state index is 1.06. The van der Waals surface area contributed by atoms with E-state index in [-0.39, 0.29) is 0 Å². The summed E-state index contributed by atoms with van der Waals surface area (Å²) in [5.41, 5.74) is 1.06. The quantitative estimate of drug-likeness (QED) is 0.725. The topological polar surface area (TPSA) is 24.9 Å². The minimum Gasteiger partial charge on any atom is -0.391 e. The van der Waals surface area contributed by atoms with Crippen molar-refractivity contribution in [3.63, 3.8) is 0 Å². The van der Waals surface area contributed by atoms with Crippen LogP contribution in [0.15, 0.2) is 54.9 Å². The molecule has 0 atom stereocenters. The van der Waals surface area contributed by atoms with Crippen LogP contribution in [0.3, 0.4) is 0 Å². The third-order valence-electron chi connectivity index (χ3n) is 2.44. The van der Waals surface area contributed by atoms with Crippen molar-refractivity contribution in [2.75, 3.05) is 6.54 Å². The number of rotatable bonds is 0. The molecular formula is C14H16N2. The number of hydrogen-bond donors (Lipinski definition) is 1. The first-order valence-corrected chi connectivity index (χ1v) is 5.65. The fourth-order valence-electron chi connectivity index (χ4n) is 1.59. The molecule has 0 fully saturated rings. The van der Waals surface area contributed by atoms with Crippen LogP contribution in [0, 0.1) is 0 Å². The molecule has 1 aromatic heterocycles. The van der Waals surface area contributed by atoms with Crippen molar-refractivity contribution >= 4 is 10.9 Å². The van der Waals surface area contributed by atoms with Crippen LogP contribution in [0.1, 0.15) is 12.8 Å². The third kappa shape index (κ3) is 3.09.